The molecule has 0 spiro atoms. The molecule has 1 aliphatic rings. The molecular formula is C23H36BN3O4. The first-order valence-electron chi connectivity index (χ1n) is 10.7. The molecule has 170 valence electrons. The van der Waals surface area contributed by atoms with Crippen LogP contribution in [0.15, 0.2) is 30.5 Å². The number of carbonyl (C=O) groups is 1. The lowest BCUT2D eigenvalue weighted by atomic mass is 9.79. The average molecular weight is 429 g/mol. The Labute approximate surface area is 187 Å². The van der Waals surface area contributed by atoms with E-state index in [1.165, 1.54) is 4.90 Å². The second-order valence-electron chi connectivity index (χ2n) is 10.2. The number of ether oxygens (including phenoxy) is 1. The van der Waals surface area contributed by atoms with Gasteiger partial charge in [0.05, 0.1) is 29.1 Å². The minimum absolute atomic E-state index is 0. The third-order valence-electron chi connectivity index (χ3n) is 6.00. The second kappa shape index (κ2) is 7.99. The minimum atomic E-state index is -0.543. The zero-order valence-electron chi connectivity index (χ0n) is 20.1. The van der Waals surface area contributed by atoms with Crippen LogP contribution in [0, 0.1) is 0 Å². The summed E-state index contributed by atoms with van der Waals surface area (Å²) in [6, 6.07) is 7.79. The van der Waals surface area contributed by atoms with E-state index >= 15 is 0 Å². The van der Waals surface area contributed by atoms with Gasteiger partial charge in [-0.25, -0.2) is 9.78 Å². The monoisotopic (exact) mass is 429 g/mol. The Morgan fingerprint density at radius 3 is 2.23 bits per heavy atom. The van der Waals surface area contributed by atoms with Gasteiger partial charge in [-0.1, -0.05) is 24.3 Å². The Kier molecular flexibility index (Phi) is 6.02. The smallest absolute Gasteiger partial charge is 0.444 e. The van der Waals surface area contributed by atoms with Crippen LogP contribution in [-0.4, -0.2) is 51.9 Å². The molecule has 8 heteroatoms. The zero-order valence-corrected chi connectivity index (χ0v) is 20.1. The van der Waals surface area contributed by atoms with Gasteiger partial charge in [0.15, 0.2) is 0 Å². The molecule has 0 aliphatic carbocycles. The summed E-state index contributed by atoms with van der Waals surface area (Å²) in [7, 11) is 1.32. The fraction of sp³-hybridized carbons (Fsp3) is 0.565. The Balaban J connectivity index is 0.00000363. The number of hydrogen-bond donors (Lipinski definition) is 1. The predicted molar refractivity (Wildman–Crippen MR) is 124 cm³/mol. The molecule has 1 N–H and O–H groups in total. The lowest BCUT2D eigenvalue weighted by Gasteiger charge is -2.32. The van der Waals surface area contributed by atoms with Gasteiger partial charge in [0.1, 0.15) is 11.4 Å². The van der Waals surface area contributed by atoms with Crippen molar-refractivity contribution in [2.75, 3.05) is 7.05 Å². The van der Waals surface area contributed by atoms with Crippen molar-refractivity contribution in [2.24, 2.45) is 0 Å². The highest BCUT2D eigenvalue weighted by Crippen LogP contribution is 2.36. The first-order chi connectivity index (χ1) is 14.2. The van der Waals surface area contributed by atoms with E-state index < -0.39 is 5.60 Å². The summed E-state index contributed by atoms with van der Waals surface area (Å²) in [6.07, 6.45) is 1.39. The van der Waals surface area contributed by atoms with Gasteiger partial charge >= 0.3 is 13.2 Å². The molecule has 0 radical (unpaired) electrons. The largest absolute Gasteiger partial charge is 0.494 e. The number of carbonyl (C=O) groups excluding carboxylic acids is 1. The first kappa shape index (κ1) is 23.4. The molecule has 7 nitrogen and oxygen atoms in total. The summed E-state index contributed by atoms with van der Waals surface area (Å²) in [4.78, 5) is 21.7. The number of hydrogen-bond acceptors (Lipinski definition) is 5. The highest BCUT2D eigenvalue weighted by Gasteiger charge is 2.51. The van der Waals surface area contributed by atoms with E-state index in [-0.39, 0.29) is 31.9 Å². The van der Waals surface area contributed by atoms with Crippen molar-refractivity contribution in [3.8, 4) is 11.3 Å². The maximum atomic E-state index is 12.3. The topological polar surface area (TPSA) is 76.7 Å². The van der Waals surface area contributed by atoms with Gasteiger partial charge in [0, 0.05) is 8.47 Å². The van der Waals surface area contributed by atoms with Crippen LogP contribution >= 0.6 is 0 Å². The number of rotatable bonds is 4. The first-order valence-corrected chi connectivity index (χ1v) is 10.7. The van der Waals surface area contributed by atoms with Crippen molar-refractivity contribution >= 4 is 18.7 Å². The number of benzene rings is 1. The summed E-state index contributed by atoms with van der Waals surface area (Å²) >= 11 is 0. The van der Waals surface area contributed by atoms with Gasteiger partial charge in [-0.2, -0.15) is 0 Å². The van der Waals surface area contributed by atoms with E-state index in [1.54, 1.807) is 13.2 Å². The molecule has 1 aromatic heterocycles. The van der Waals surface area contributed by atoms with Gasteiger partial charge in [0.25, 0.3) is 0 Å². The van der Waals surface area contributed by atoms with Crippen molar-refractivity contribution in [3.05, 3.63) is 36.3 Å². The van der Waals surface area contributed by atoms with E-state index in [4.69, 9.17) is 14.0 Å². The Bertz CT molecular complexity index is 921. The standard InChI is InChI=1S/C23H34BN3O4.H2/c1-15(27(9)20(28)29-21(2,3)4)19-25-14-18(26-19)16-10-12-17(13-11-16)24-30-22(5,6)23(7,8)31-24;/h10-15H,1-9H3,(H,25,26);1H/t15-;/m0./s1. The van der Waals surface area contributed by atoms with E-state index in [9.17, 15) is 4.79 Å². The summed E-state index contributed by atoms with van der Waals surface area (Å²) < 4.78 is 17.7. The van der Waals surface area contributed by atoms with Crippen molar-refractivity contribution in [2.45, 2.75) is 78.2 Å². The number of H-pyrrole nitrogens is 1. The lowest BCUT2D eigenvalue weighted by Crippen LogP contribution is -2.41. The molecule has 0 bridgehead atoms. The van der Waals surface area contributed by atoms with Gasteiger partial charge in [0.2, 0.25) is 0 Å². The number of amides is 1. The molecule has 2 aromatic rings. The molecule has 1 aromatic carbocycles. The fourth-order valence-corrected chi connectivity index (χ4v) is 3.17. The van der Waals surface area contributed by atoms with Gasteiger partial charge < -0.3 is 23.9 Å². The number of aromatic amines is 1. The lowest BCUT2D eigenvalue weighted by molar-refractivity contribution is 0.00578. The van der Waals surface area contributed by atoms with Crippen LogP contribution in [0.3, 0.4) is 0 Å². The highest BCUT2D eigenvalue weighted by atomic mass is 16.7. The van der Waals surface area contributed by atoms with Crippen LogP contribution in [0.5, 0.6) is 0 Å². The maximum absolute atomic E-state index is 12.3. The van der Waals surface area contributed by atoms with Crippen molar-refractivity contribution in [1.29, 1.82) is 0 Å². The van der Waals surface area contributed by atoms with Crippen molar-refractivity contribution in [1.82, 2.24) is 14.9 Å². The number of nitrogens with zero attached hydrogens (tertiary/aromatic N) is 2. The maximum Gasteiger partial charge on any atom is 0.494 e. The highest BCUT2D eigenvalue weighted by molar-refractivity contribution is 6.62. The molecule has 1 fully saturated rings. The van der Waals surface area contributed by atoms with Crippen molar-refractivity contribution in [3.63, 3.8) is 0 Å². The number of aromatic nitrogens is 2. The fourth-order valence-electron chi connectivity index (χ4n) is 3.17. The molecule has 2 heterocycles. The summed E-state index contributed by atoms with van der Waals surface area (Å²) in [5.41, 5.74) is 1.56. The normalized spacial score (nSPS) is 18.7. The van der Waals surface area contributed by atoms with Crippen LogP contribution in [0.2, 0.25) is 0 Å². The Morgan fingerprint density at radius 1 is 1.16 bits per heavy atom. The Hall–Kier alpha value is -2.32. The zero-order chi connectivity index (χ0) is 23.2. The molecule has 1 amide bonds. The van der Waals surface area contributed by atoms with Crippen LogP contribution in [0.4, 0.5) is 4.79 Å². The van der Waals surface area contributed by atoms with Crippen LogP contribution in [0.25, 0.3) is 11.3 Å². The number of nitrogens with one attached hydrogen (secondary N) is 1. The molecule has 1 saturated heterocycles. The van der Waals surface area contributed by atoms with E-state index in [1.807, 2.05) is 79.7 Å². The quantitative estimate of drug-likeness (QED) is 0.722. The summed E-state index contributed by atoms with van der Waals surface area (Å²) in [5.74, 6) is 0.693. The van der Waals surface area contributed by atoms with E-state index in [2.05, 4.69) is 9.97 Å². The molecule has 0 unspecified atom stereocenters. The van der Waals surface area contributed by atoms with Gasteiger partial charge in [-0.15, -0.1) is 0 Å². The minimum Gasteiger partial charge on any atom is -0.444 e. The summed E-state index contributed by atoms with van der Waals surface area (Å²) in [5, 5.41) is 0. The van der Waals surface area contributed by atoms with E-state index in [0.717, 1.165) is 16.7 Å². The second-order valence-corrected chi connectivity index (χ2v) is 10.2. The van der Waals surface area contributed by atoms with Crippen LogP contribution < -0.4 is 5.46 Å². The Morgan fingerprint density at radius 2 is 1.71 bits per heavy atom. The van der Waals surface area contributed by atoms with Gasteiger partial charge in [-0.05, 0) is 66.4 Å². The third-order valence-corrected chi connectivity index (χ3v) is 6.00. The molecule has 31 heavy (non-hydrogen) atoms. The predicted octanol–water partition coefficient (Wildman–Crippen LogP) is 4.55. The number of imidazole rings is 1. The SMILES string of the molecule is C[C@@H](c1ncc(-c2ccc(B3OC(C)(C)C(C)(C)O3)cc2)[nH]1)N(C)C(=O)OC(C)(C)C.[HH]. The molecule has 1 atom stereocenters. The van der Waals surface area contributed by atoms with Crippen molar-refractivity contribution < 1.29 is 20.3 Å². The van der Waals surface area contributed by atoms with Gasteiger partial charge in [-0.3, -0.25) is 0 Å². The third kappa shape index (κ3) is 4.96. The molecular weight excluding hydrogens is 393 g/mol. The molecule has 3 rings (SSSR count). The summed E-state index contributed by atoms with van der Waals surface area (Å²) in [6.45, 7) is 15.6. The molecule has 0 saturated carbocycles. The van der Waals surface area contributed by atoms with Crippen LogP contribution in [-0.2, 0) is 14.0 Å². The van der Waals surface area contributed by atoms with Crippen LogP contribution in [0.1, 0.15) is 68.7 Å². The molecule has 1 aliphatic heterocycles. The average Bonchev–Trinajstić information content (AvgIpc) is 3.22. The van der Waals surface area contributed by atoms with E-state index in [0.29, 0.717) is 5.82 Å².